The zero-order valence-electron chi connectivity index (χ0n) is 11.7. The molecule has 5 heteroatoms. The molecular formula is C15H20N4O. The van der Waals surface area contributed by atoms with Crippen LogP contribution in [0.4, 0.5) is 0 Å². The summed E-state index contributed by atoms with van der Waals surface area (Å²) < 4.78 is 5.49. The molecule has 2 atom stereocenters. The van der Waals surface area contributed by atoms with Gasteiger partial charge in [-0.3, -0.25) is 4.98 Å². The largest absolute Gasteiger partial charge is 0.339 e. The molecule has 106 valence electrons. The summed E-state index contributed by atoms with van der Waals surface area (Å²) in [4.78, 5) is 8.58. The van der Waals surface area contributed by atoms with Crippen molar-refractivity contribution >= 4 is 0 Å². The van der Waals surface area contributed by atoms with Gasteiger partial charge in [-0.1, -0.05) is 18.0 Å². The van der Waals surface area contributed by atoms with Crippen LogP contribution in [0, 0.1) is 0 Å². The van der Waals surface area contributed by atoms with Crippen LogP contribution in [0.1, 0.15) is 49.9 Å². The lowest BCUT2D eigenvalue weighted by Gasteiger charge is -2.35. The highest BCUT2D eigenvalue weighted by Gasteiger charge is 2.40. The van der Waals surface area contributed by atoms with Crippen LogP contribution in [0.2, 0.25) is 0 Å². The summed E-state index contributed by atoms with van der Waals surface area (Å²) in [5, 5.41) is 4.10. The summed E-state index contributed by atoms with van der Waals surface area (Å²) in [7, 11) is 0. The van der Waals surface area contributed by atoms with Crippen molar-refractivity contribution in [2.45, 2.75) is 50.5 Å². The van der Waals surface area contributed by atoms with E-state index in [4.69, 9.17) is 10.3 Å². The molecule has 1 aliphatic carbocycles. The van der Waals surface area contributed by atoms with Crippen LogP contribution in [-0.4, -0.2) is 21.2 Å². The van der Waals surface area contributed by atoms with E-state index in [1.165, 1.54) is 12.8 Å². The summed E-state index contributed by atoms with van der Waals surface area (Å²) in [6, 6.07) is 4.03. The van der Waals surface area contributed by atoms with Crippen molar-refractivity contribution < 1.29 is 4.52 Å². The molecule has 0 spiro atoms. The number of nitrogens with two attached hydrogens (primary N) is 1. The third-order valence-electron chi connectivity index (χ3n) is 4.35. The number of pyridine rings is 1. The van der Waals surface area contributed by atoms with Crippen molar-refractivity contribution in [3.63, 3.8) is 0 Å². The minimum absolute atomic E-state index is 0.102. The highest BCUT2D eigenvalue weighted by molar-refractivity contribution is 5.16. The maximum absolute atomic E-state index is 6.27. The van der Waals surface area contributed by atoms with Crippen LogP contribution in [0.3, 0.4) is 0 Å². The van der Waals surface area contributed by atoms with Gasteiger partial charge in [0.25, 0.3) is 0 Å². The van der Waals surface area contributed by atoms with Crippen LogP contribution >= 0.6 is 0 Å². The fourth-order valence-corrected chi connectivity index (χ4v) is 2.87. The lowest BCUT2D eigenvalue weighted by atomic mass is 9.72. The first-order valence-corrected chi connectivity index (χ1v) is 7.16. The highest BCUT2D eigenvalue weighted by atomic mass is 16.5. The Morgan fingerprint density at radius 3 is 2.90 bits per heavy atom. The van der Waals surface area contributed by atoms with Crippen molar-refractivity contribution in [3.8, 4) is 0 Å². The van der Waals surface area contributed by atoms with Gasteiger partial charge in [-0.25, -0.2) is 0 Å². The normalized spacial score (nSPS) is 26.6. The molecule has 2 heterocycles. The molecule has 0 radical (unpaired) electrons. The van der Waals surface area contributed by atoms with Gasteiger partial charge >= 0.3 is 0 Å². The Labute approximate surface area is 118 Å². The molecule has 0 amide bonds. The van der Waals surface area contributed by atoms with Crippen LogP contribution in [0.5, 0.6) is 0 Å². The van der Waals surface area contributed by atoms with E-state index in [1.54, 1.807) is 12.4 Å². The van der Waals surface area contributed by atoms with E-state index in [2.05, 4.69) is 22.0 Å². The van der Waals surface area contributed by atoms with E-state index < -0.39 is 0 Å². The Hall–Kier alpha value is -1.75. The summed E-state index contributed by atoms with van der Waals surface area (Å²) in [6.07, 6.45) is 8.62. The molecule has 2 N–H and O–H groups in total. The third kappa shape index (κ3) is 2.45. The van der Waals surface area contributed by atoms with Crippen LogP contribution in [0.15, 0.2) is 29.0 Å². The van der Waals surface area contributed by atoms with E-state index >= 15 is 0 Å². The van der Waals surface area contributed by atoms with Gasteiger partial charge < -0.3 is 10.3 Å². The number of aromatic nitrogens is 3. The molecule has 0 bridgehead atoms. The Morgan fingerprint density at radius 1 is 1.35 bits per heavy atom. The second kappa shape index (κ2) is 5.32. The molecule has 0 saturated heterocycles. The fraction of sp³-hybridized carbons (Fsp3) is 0.533. The zero-order chi connectivity index (χ0) is 14.0. The Bertz CT molecular complexity index is 568. The predicted molar refractivity (Wildman–Crippen MR) is 75.1 cm³/mol. The van der Waals surface area contributed by atoms with Gasteiger partial charge in [-0.05, 0) is 37.5 Å². The monoisotopic (exact) mass is 272 g/mol. The number of hydrogen-bond acceptors (Lipinski definition) is 5. The fourth-order valence-electron chi connectivity index (χ4n) is 2.87. The summed E-state index contributed by atoms with van der Waals surface area (Å²) >= 11 is 0. The summed E-state index contributed by atoms with van der Waals surface area (Å²) in [5.74, 6) is 1.40. The molecule has 0 aromatic carbocycles. The summed E-state index contributed by atoms with van der Waals surface area (Å²) in [5.41, 5.74) is 7.22. The maximum Gasteiger partial charge on any atom is 0.234 e. The SMILES string of the molecule is CC1(c2nc(Cc3ccncc3)no2)CCCCC1N. The molecular weight excluding hydrogens is 252 g/mol. The first-order valence-electron chi connectivity index (χ1n) is 7.16. The number of nitrogens with zero attached hydrogens (tertiary/aromatic N) is 3. The standard InChI is InChI=1S/C15H20N4O/c1-15(7-3-2-4-12(15)16)14-18-13(19-20-14)10-11-5-8-17-9-6-11/h5-6,8-9,12H,2-4,7,10,16H2,1H3. The van der Waals surface area contributed by atoms with Crippen molar-refractivity contribution in [1.29, 1.82) is 0 Å². The van der Waals surface area contributed by atoms with Crippen molar-refractivity contribution in [3.05, 3.63) is 41.8 Å². The van der Waals surface area contributed by atoms with Crippen LogP contribution in [0.25, 0.3) is 0 Å². The smallest absolute Gasteiger partial charge is 0.234 e. The first kappa shape index (κ1) is 13.2. The molecule has 0 aliphatic heterocycles. The van der Waals surface area contributed by atoms with Gasteiger partial charge in [-0.15, -0.1) is 0 Å². The van der Waals surface area contributed by atoms with E-state index in [-0.39, 0.29) is 11.5 Å². The van der Waals surface area contributed by atoms with Crippen molar-refractivity contribution in [2.75, 3.05) is 0 Å². The van der Waals surface area contributed by atoms with Crippen molar-refractivity contribution in [1.82, 2.24) is 15.1 Å². The second-order valence-electron chi connectivity index (χ2n) is 5.82. The molecule has 2 aromatic rings. The van der Waals surface area contributed by atoms with Crippen LogP contribution < -0.4 is 5.73 Å². The van der Waals surface area contributed by atoms with E-state index in [0.29, 0.717) is 18.1 Å². The molecule has 1 saturated carbocycles. The van der Waals surface area contributed by atoms with Gasteiger partial charge in [0, 0.05) is 24.9 Å². The zero-order valence-corrected chi connectivity index (χ0v) is 11.7. The maximum atomic E-state index is 6.27. The molecule has 1 fully saturated rings. The quantitative estimate of drug-likeness (QED) is 0.926. The Kier molecular flexibility index (Phi) is 3.53. The molecule has 2 unspecified atom stereocenters. The van der Waals surface area contributed by atoms with E-state index in [0.717, 1.165) is 18.4 Å². The van der Waals surface area contributed by atoms with Gasteiger partial charge in [0.2, 0.25) is 5.89 Å². The first-order chi connectivity index (χ1) is 9.68. The highest BCUT2D eigenvalue weighted by Crippen LogP contribution is 2.37. The van der Waals surface area contributed by atoms with Gasteiger partial charge in [0.1, 0.15) is 0 Å². The van der Waals surface area contributed by atoms with E-state index in [9.17, 15) is 0 Å². The topological polar surface area (TPSA) is 77.8 Å². The van der Waals surface area contributed by atoms with Gasteiger partial charge in [0.05, 0.1) is 5.41 Å². The Morgan fingerprint density at radius 2 is 2.15 bits per heavy atom. The Balaban J connectivity index is 1.79. The molecule has 1 aliphatic rings. The third-order valence-corrected chi connectivity index (χ3v) is 4.35. The molecule has 2 aromatic heterocycles. The van der Waals surface area contributed by atoms with Gasteiger partial charge in [0.15, 0.2) is 5.82 Å². The molecule has 3 rings (SSSR count). The molecule has 5 nitrogen and oxygen atoms in total. The number of hydrogen-bond donors (Lipinski definition) is 1. The van der Waals surface area contributed by atoms with Gasteiger partial charge in [-0.2, -0.15) is 4.98 Å². The predicted octanol–water partition coefficient (Wildman–Crippen LogP) is 2.21. The average Bonchev–Trinajstić information content (AvgIpc) is 2.92. The lowest BCUT2D eigenvalue weighted by molar-refractivity contribution is 0.203. The molecule has 20 heavy (non-hydrogen) atoms. The van der Waals surface area contributed by atoms with E-state index in [1.807, 2.05) is 12.1 Å². The average molecular weight is 272 g/mol. The second-order valence-corrected chi connectivity index (χ2v) is 5.82. The summed E-state index contributed by atoms with van der Waals surface area (Å²) in [6.45, 7) is 2.14. The minimum atomic E-state index is -0.179. The van der Waals surface area contributed by atoms with Crippen LogP contribution in [-0.2, 0) is 11.8 Å². The van der Waals surface area contributed by atoms with Crippen molar-refractivity contribution in [2.24, 2.45) is 5.73 Å². The lowest BCUT2D eigenvalue weighted by Crippen LogP contribution is -2.45. The minimum Gasteiger partial charge on any atom is -0.339 e. The number of rotatable bonds is 3.